The summed E-state index contributed by atoms with van der Waals surface area (Å²) in [5, 5.41) is 9.05. The monoisotopic (exact) mass is 209 g/mol. The zero-order chi connectivity index (χ0) is 11.5. The largest absolute Gasteiger partial charge is 0.383 e. The summed E-state index contributed by atoms with van der Waals surface area (Å²) < 4.78 is 0. The molecule has 0 unspecified atom stereocenters. The molecule has 2 N–H and O–H groups in total. The van der Waals surface area contributed by atoms with Crippen LogP contribution in [0, 0.1) is 18.3 Å². The summed E-state index contributed by atoms with van der Waals surface area (Å²) in [5.41, 5.74) is 9.10. The van der Waals surface area contributed by atoms with Gasteiger partial charge in [0.2, 0.25) is 0 Å². The second-order valence-electron chi connectivity index (χ2n) is 3.60. The number of aryl methyl sites for hydroxylation is 1. The molecule has 0 spiro atoms. The van der Waals surface area contributed by atoms with Gasteiger partial charge >= 0.3 is 0 Å². The third kappa shape index (κ3) is 1.73. The first-order valence-electron chi connectivity index (χ1n) is 4.94. The quantitative estimate of drug-likeness (QED) is 0.784. The molecular formula is C13H11N3. The van der Waals surface area contributed by atoms with Gasteiger partial charge in [0.25, 0.3) is 0 Å². The second kappa shape index (κ2) is 4.03. The number of nitriles is 1. The van der Waals surface area contributed by atoms with Crippen molar-refractivity contribution in [2.75, 3.05) is 5.73 Å². The van der Waals surface area contributed by atoms with Crippen molar-refractivity contribution >= 4 is 5.82 Å². The molecule has 3 heteroatoms. The highest BCUT2D eigenvalue weighted by Gasteiger charge is 2.08. The molecule has 1 heterocycles. The van der Waals surface area contributed by atoms with Gasteiger partial charge in [-0.25, -0.2) is 4.98 Å². The van der Waals surface area contributed by atoms with Gasteiger partial charge < -0.3 is 5.73 Å². The fraction of sp³-hybridized carbons (Fsp3) is 0.0769. The lowest BCUT2D eigenvalue weighted by Gasteiger charge is -2.05. The molecule has 0 bridgehead atoms. The standard InChI is InChI=1S/C13H11N3/c1-9-2-4-10(5-3-9)11-6-7-16-13(15)12(11)8-14/h2-7H,1H3,(H2,15,16). The first-order valence-corrected chi connectivity index (χ1v) is 4.94. The molecule has 78 valence electrons. The van der Waals surface area contributed by atoms with E-state index in [-0.39, 0.29) is 5.82 Å². The van der Waals surface area contributed by atoms with Crippen LogP contribution in [-0.4, -0.2) is 4.98 Å². The van der Waals surface area contributed by atoms with Gasteiger partial charge in [-0.05, 0) is 18.6 Å². The van der Waals surface area contributed by atoms with Crippen molar-refractivity contribution in [3.05, 3.63) is 47.7 Å². The Labute approximate surface area is 94.2 Å². The number of anilines is 1. The smallest absolute Gasteiger partial charge is 0.141 e. The second-order valence-corrected chi connectivity index (χ2v) is 3.60. The predicted molar refractivity (Wildman–Crippen MR) is 63.5 cm³/mol. The van der Waals surface area contributed by atoms with Crippen LogP contribution in [0.3, 0.4) is 0 Å². The average Bonchev–Trinajstić information content (AvgIpc) is 2.30. The molecule has 1 aromatic carbocycles. The lowest BCUT2D eigenvalue weighted by molar-refractivity contribution is 1.31. The van der Waals surface area contributed by atoms with Crippen LogP contribution in [0.4, 0.5) is 5.82 Å². The van der Waals surface area contributed by atoms with Gasteiger partial charge in [0.05, 0.1) is 0 Å². The summed E-state index contributed by atoms with van der Waals surface area (Å²) in [5.74, 6) is 0.278. The van der Waals surface area contributed by atoms with Crippen molar-refractivity contribution in [1.29, 1.82) is 5.26 Å². The molecule has 2 rings (SSSR count). The van der Waals surface area contributed by atoms with Gasteiger partial charge in [-0.1, -0.05) is 29.8 Å². The number of rotatable bonds is 1. The van der Waals surface area contributed by atoms with E-state index in [1.807, 2.05) is 31.2 Å². The molecule has 0 aliphatic rings. The average molecular weight is 209 g/mol. The van der Waals surface area contributed by atoms with E-state index in [9.17, 15) is 0 Å². The molecule has 0 radical (unpaired) electrons. The normalized spacial score (nSPS) is 9.75. The summed E-state index contributed by atoms with van der Waals surface area (Å²) in [7, 11) is 0. The van der Waals surface area contributed by atoms with E-state index in [1.54, 1.807) is 12.3 Å². The summed E-state index contributed by atoms with van der Waals surface area (Å²) >= 11 is 0. The highest BCUT2D eigenvalue weighted by Crippen LogP contribution is 2.25. The van der Waals surface area contributed by atoms with Crippen LogP contribution in [0.2, 0.25) is 0 Å². The van der Waals surface area contributed by atoms with Gasteiger partial charge in [-0.15, -0.1) is 0 Å². The fourth-order valence-electron chi connectivity index (χ4n) is 1.57. The molecule has 0 saturated carbocycles. The number of pyridine rings is 1. The summed E-state index contributed by atoms with van der Waals surface area (Å²) in [6.07, 6.45) is 1.62. The Kier molecular flexibility index (Phi) is 2.57. The number of hydrogen-bond donors (Lipinski definition) is 1. The van der Waals surface area contributed by atoms with Gasteiger partial charge in [0.1, 0.15) is 17.5 Å². The maximum Gasteiger partial charge on any atom is 0.141 e. The van der Waals surface area contributed by atoms with Crippen molar-refractivity contribution in [1.82, 2.24) is 4.98 Å². The van der Waals surface area contributed by atoms with Crippen LogP contribution in [-0.2, 0) is 0 Å². The number of hydrogen-bond acceptors (Lipinski definition) is 3. The molecule has 0 saturated heterocycles. The third-order valence-electron chi connectivity index (χ3n) is 2.45. The van der Waals surface area contributed by atoms with Crippen LogP contribution in [0.5, 0.6) is 0 Å². The summed E-state index contributed by atoms with van der Waals surface area (Å²) in [4.78, 5) is 3.91. The SMILES string of the molecule is Cc1ccc(-c2ccnc(N)c2C#N)cc1. The summed E-state index contributed by atoms with van der Waals surface area (Å²) in [6.45, 7) is 2.02. The number of nitrogen functional groups attached to an aromatic ring is 1. The highest BCUT2D eigenvalue weighted by molar-refractivity contribution is 5.74. The van der Waals surface area contributed by atoms with Crippen molar-refractivity contribution < 1.29 is 0 Å². The van der Waals surface area contributed by atoms with Crippen LogP contribution in [0.25, 0.3) is 11.1 Å². The first kappa shape index (κ1) is 10.2. The van der Waals surface area contributed by atoms with Crippen LogP contribution in [0.1, 0.15) is 11.1 Å². The Hall–Kier alpha value is -2.34. The van der Waals surface area contributed by atoms with Crippen LogP contribution in [0.15, 0.2) is 36.5 Å². The van der Waals surface area contributed by atoms with Crippen molar-refractivity contribution in [2.24, 2.45) is 0 Å². The number of benzene rings is 1. The third-order valence-corrected chi connectivity index (χ3v) is 2.45. The first-order chi connectivity index (χ1) is 7.72. The molecule has 0 aliphatic carbocycles. The minimum absolute atomic E-state index is 0.278. The Bertz CT molecular complexity index is 550. The minimum atomic E-state index is 0.278. The minimum Gasteiger partial charge on any atom is -0.383 e. The number of nitrogens with two attached hydrogens (primary N) is 1. The van der Waals surface area contributed by atoms with Crippen LogP contribution >= 0.6 is 0 Å². The molecule has 1 aromatic heterocycles. The molecule has 0 aliphatic heterocycles. The zero-order valence-corrected chi connectivity index (χ0v) is 8.94. The number of aromatic nitrogens is 1. The Morgan fingerprint density at radius 1 is 1.19 bits per heavy atom. The van der Waals surface area contributed by atoms with Gasteiger partial charge in [-0.2, -0.15) is 5.26 Å². The topological polar surface area (TPSA) is 62.7 Å². The Morgan fingerprint density at radius 2 is 1.88 bits per heavy atom. The Morgan fingerprint density at radius 3 is 2.50 bits per heavy atom. The van der Waals surface area contributed by atoms with E-state index < -0.39 is 0 Å². The van der Waals surface area contributed by atoms with E-state index >= 15 is 0 Å². The maximum atomic E-state index is 9.05. The van der Waals surface area contributed by atoms with Crippen molar-refractivity contribution in [3.8, 4) is 17.2 Å². The lowest BCUT2D eigenvalue weighted by Crippen LogP contribution is -1.96. The maximum absolute atomic E-state index is 9.05. The van der Waals surface area contributed by atoms with E-state index in [0.29, 0.717) is 5.56 Å². The number of nitrogens with zero attached hydrogens (tertiary/aromatic N) is 2. The zero-order valence-electron chi connectivity index (χ0n) is 8.94. The van der Waals surface area contributed by atoms with Gasteiger partial charge in [0.15, 0.2) is 0 Å². The molecule has 0 fully saturated rings. The van der Waals surface area contributed by atoms with Crippen molar-refractivity contribution in [2.45, 2.75) is 6.92 Å². The highest BCUT2D eigenvalue weighted by atomic mass is 14.8. The lowest BCUT2D eigenvalue weighted by atomic mass is 10.0. The Balaban J connectivity index is 2.61. The molecule has 2 aromatic rings. The van der Waals surface area contributed by atoms with E-state index in [4.69, 9.17) is 11.0 Å². The van der Waals surface area contributed by atoms with Crippen molar-refractivity contribution in [3.63, 3.8) is 0 Å². The molecule has 0 amide bonds. The molecule has 3 nitrogen and oxygen atoms in total. The van der Waals surface area contributed by atoms with E-state index in [0.717, 1.165) is 11.1 Å². The summed E-state index contributed by atoms with van der Waals surface area (Å²) in [6, 6.07) is 11.9. The molecular weight excluding hydrogens is 198 g/mol. The van der Waals surface area contributed by atoms with Crippen LogP contribution < -0.4 is 5.73 Å². The van der Waals surface area contributed by atoms with Gasteiger partial charge in [-0.3, -0.25) is 0 Å². The predicted octanol–water partition coefficient (Wildman–Crippen LogP) is 2.51. The van der Waals surface area contributed by atoms with E-state index in [2.05, 4.69) is 11.1 Å². The van der Waals surface area contributed by atoms with Gasteiger partial charge in [0, 0.05) is 11.8 Å². The molecule has 0 atom stereocenters. The van der Waals surface area contributed by atoms with E-state index in [1.165, 1.54) is 5.56 Å². The molecule has 16 heavy (non-hydrogen) atoms. The fourth-order valence-corrected chi connectivity index (χ4v) is 1.57.